The Morgan fingerprint density at radius 3 is 2.53 bits per heavy atom. The minimum atomic E-state index is -0.853. The van der Waals surface area contributed by atoms with Crippen LogP contribution in [0.3, 0.4) is 0 Å². The summed E-state index contributed by atoms with van der Waals surface area (Å²) in [6.07, 6.45) is 2.09. The lowest BCUT2D eigenvalue weighted by atomic mass is 9.98. The van der Waals surface area contributed by atoms with Gasteiger partial charge >= 0.3 is 0 Å². The van der Waals surface area contributed by atoms with Crippen molar-refractivity contribution in [1.82, 2.24) is 9.97 Å². The molecule has 0 spiro atoms. The lowest BCUT2D eigenvalue weighted by molar-refractivity contribution is 0.465. The fourth-order valence-corrected chi connectivity index (χ4v) is 4.43. The van der Waals surface area contributed by atoms with E-state index in [4.69, 9.17) is 0 Å². The van der Waals surface area contributed by atoms with E-state index in [-0.39, 0.29) is 11.4 Å². The van der Waals surface area contributed by atoms with Gasteiger partial charge in [-0.1, -0.05) is 30.3 Å². The third-order valence-corrected chi connectivity index (χ3v) is 6.25. The average molecular weight is 445 g/mol. The number of anilines is 1. The maximum absolute atomic E-state index is 14.2. The molecule has 2 N–H and O–H groups in total. The van der Waals surface area contributed by atoms with E-state index in [2.05, 4.69) is 15.3 Å². The molecule has 0 saturated carbocycles. The molecule has 5 rings (SSSR count). The molecular formula is C24H16FN3O3S. The van der Waals surface area contributed by atoms with Gasteiger partial charge in [0.05, 0.1) is 16.0 Å². The molecule has 6 nitrogen and oxygen atoms in total. The number of aromatic nitrogens is 2. The zero-order valence-electron chi connectivity index (χ0n) is 16.6. The molecule has 8 heteroatoms. The van der Waals surface area contributed by atoms with Crippen molar-refractivity contribution in [2.75, 3.05) is 11.9 Å². The van der Waals surface area contributed by atoms with Gasteiger partial charge in [-0.3, -0.25) is 9.59 Å². The first kappa shape index (κ1) is 20.0. The molecule has 0 aliphatic heterocycles. The summed E-state index contributed by atoms with van der Waals surface area (Å²) in [6.45, 7) is 0.577. The van der Waals surface area contributed by atoms with Crippen molar-refractivity contribution in [2.45, 2.75) is 6.42 Å². The zero-order valence-corrected chi connectivity index (χ0v) is 17.4. The Hall–Kier alpha value is -3.91. The van der Waals surface area contributed by atoms with E-state index in [1.807, 2.05) is 17.5 Å². The van der Waals surface area contributed by atoms with Gasteiger partial charge in [0.2, 0.25) is 5.43 Å². The predicted octanol–water partition coefficient (Wildman–Crippen LogP) is 4.12. The van der Waals surface area contributed by atoms with Gasteiger partial charge in [0, 0.05) is 18.2 Å². The standard InChI is InChI=1S/C24H16FN3O3S/c25-17-10-13(9-16-6-8-32-24(16)17)5-7-26-19-11-18(27-12-28-19)14-1-3-15(4-2-14)20-21(29)23(31)22(20)30/h1-4,6,8-12,29H,5,7H2,(H,26,27,28). The maximum Gasteiger partial charge on any atom is 0.268 e. The molecule has 0 saturated heterocycles. The Morgan fingerprint density at radius 1 is 0.969 bits per heavy atom. The summed E-state index contributed by atoms with van der Waals surface area (Å²) in [5.74, 6) is -0.0529. The molecule has 0 radical (unpaired) electrons. The lowest BCUT2D eigenvalue weighted by Crippen LogP contribution is -2.31. The van der Waals surface area contributed by atoms with E-state index in [1.54, 1.807) is 36.4 Å². The van der Waals surface area contributed by atoms with Gasteiger partial charge in [-0.2, -0.15) is 0 Å². The summed E-state index contributed by atoms with van der Waals surface area (Å²) in [7, 11) is 0. The first-order valence-electron chi connectivity index (χ1n) is 9.86. The highest BCUT2D eigenvalue weighted by Crippen LogP contribution is 2.28. The number of rotatable bonds is 6. The molecule has 2 heterocycles. The summed E-state index contributed by atoms with van der Waals surface area (Å²) in [5, 5.41) is 15.6. The summed E-state index contributed by atoms with van der Waals surface area (Å²) in [6, 6.07) is 14.1. The van der Waals surface area contributed by atoms with Gasteiger partial charge in [0.1, 0.15) is 18.0 Å². The Bertz CT molecular complexity index is 1520. The Kier molecular flexibility index (Phi) is 4.99. The van der Waals surface area contributed by atoms with Crippen molar-refractivity contribution < 1.29 is 9.50 Å². The molecule has 0 aliphatic rings. The molecule has 0 atom stereocenters. The first-order valence-corrected chi connectivity index (χ1v) is 10.7. The van der Waals surface area contributed by atoms with Crippen LogP contribution in [0.15, 0.2) is 69.8 Å². The fourth-order valence-electron chi connectivity index (χ4n) is 3.64. The molecular weight excluding hydrogens is 429 g/mol. The van der Waals surface area contributed by atoms with E-state index in [1.165, 1.54) is 17.7 Å². The maximum atomic E-state index is 14.2. The first-order chi connectivity index (χ1) is 15.5. The van der Waals surface area contributed by atoms with Crippen LogP contribution in [0.5, 0.6) is 5.75 Å². The minimum Gasteiger partial charge on any atom is -0.503 e. The highest BCUT2D eigenvalue weighted by Gasteiger charge is 2.21. The van der Waals surface area contributed by atoms with Crippen LogP contribution in [0, 0.1) is 5.82 Å². The molecule has 32 heavy (non-hydrogen) atoms. The van der Waals surface area contributed by atoms with Crippen LogP contribution in [0.4, 0.5) is 10.2 Å². The quantitative estimate of drug-likeness (QED) is 0.382. The van der Waals surface area contributed by atoms with Crippen LogP contribution in [0.25, 0.3) is 32.5 Å². The van der Waals surface area contributed by atoms with Crippen molar-refractivity contribution in [3.8, 4) is 28.1 Å². The monoisotopic (exact) mass is 445 g/mol. The lowest BCUT2D eigenvalue weighted by Gasteiger charge is -2.09. The zero-order chi connectivity index (χ0) is 22.2. The van der Waals surface area contributed by atoms with Gasteiger partial charge in [-0.05, 0) is 40.4 Å². The Morgan fingerprint density at radius 2 is 1.75 bits per heavy atom. The molecule has 0 amide bonds. The van der Waals surface area contributed by atoms with Gasteiger partial charge in [0.25, 0.3) is 5.43 Å². The molecule has 0 unspecified atom stereocenters. The van der Waals surface area contributed by atoms with Crippen molar-refractivity contribution in [3.63, 3.8) is 0 Å². The summed E-state index contributed by atoms with van der Waals surface area (Å²) < 4.78 is 14.8. The number of hydrogen-bond donors (Lipinski definition) is 2. The normalized spacial score (nSPS) is 11.3. The average Bonchev–Trinajstić information content (AvgIpc) is 3.29. The molecule has 0 aliphatic carbocycles. The molecule has 158 valence electrons. The van der Waals surface area contributed by atoms with E-state index >= 15 is 0 Å². The number of nitrogens with one attached hydrogen (secondary N) is 1. The Balaban J connectivity index is 1.28. The second-order valence-corrected chi connectivity index (χ2v) is 8.26. The van der Waals surface area contributed by atoms with Crippen LogP contribution >= 0.6 is 11.3 Å². The van der Waals surface area contributed by atoms with Gasteiger partial charge < -0.3 is 10.4 Å². The topological polar surface area (TPSA) is 92.2 Å². The highest BCUT2D eigenvalue weighted by molar-refractivity contribution is 7.17. The number of aromatic hydroxyl groups is 1. The van der Waals surface area contributed by atoms with Gasteiger partial charge in [0.15, 0.2) is 5.75 Å². The van der Waals surface area contributed by atoms with E-state index in [0.29, 0.717) is 34.7 Å². The summed E-state index contributed by atoms with van der Waals surface area (Å²) >= 11 is 1.40. The molecule has 5 aromatic rings. The third-order valence-electron chi connectivity index (χ3n) is 5.31. The van der Waals surface area contributed by atoms with Gasteiger partial charge in [-0.25, -0.2) is 14.4 Å². The predicted molar refractivity (Wildman–Crippen MR) is 123 cm³/mol. The highest BCUT2D eigenvalue weighted by atomic mass is 32.1. The number of thiophene rings is 1. The van der Waals surface area contributed by atoms with Crippen molar-refractivity contribution in [2.24, 2.45) is 0 Å². The molecule has 2 aromatic heterocycles. The SMILES string of the molecule is O=c1c(O)c(-c2ccc(-c3cc(NCCc4cc(F)c5sccc5c4)ncn3)cc2)c1=O. The largest absolute Gasteiger partial charge is 0.503 e. The number of nitrogens with zero attached hydrogens (tertiary/aromatic N) is 2. The van der Waals surface area contributed by atoms with Gasteiger partial charge in [-0.15, -0.1) is 11.3 Å². The van der Waals surface area contributed by atoms with E-state index < -0.39 is 16.6 Å². The van der Waals surface area contributed by atoms with Crippen LogP contribution < -0.4 is 16.2 Å². The van der Waals surface area contributed by atoms with Crippen molar-refractivity contribution in [1.29, 1.82) is 0 Å². The summed E-state index contributed by atoms with van der Waals surface area (Å²) in [4.78, 5) is 31.4. The number of fused-ring (bicyclic) bond motifs is 1. The molecule has 0 fully saturated rings. The third kappa shape index (κ3) is 3.54. The minimum absolute atomic E-state index is 0.0451. The molecule has 0 bridgehead atoms. The van der Waals surface area contributed by atoms with Crippen molar-refractivity contribution >= 4 is 27.2 Å². The van der Waals surface area contributed by atoms with E-state index in [9.17, 15) is 19.1 Å². The van der Waals surface area contributed by atoms with E-state index in [0.717, 1.165) is 16.5 Å². The second kappa shape index (κ2) is 7.97. The smallest absolute Gasteiger partial charge is 0.268 e. The molecule has 3 aromatic carbocycles. The van der Waals surface area contributed by atoms with Crippen molar-refractivity contribution in [3.05, 3.63) is 92.1 Å². The fraction of sp³-hybridized carbons (Fsp3) is 0.0833. The Labute approximate surface area is 185 Å². The van der Waals surface area contributed by atoms with Crippen LogP contribution in [0.2, 0.25) is 0 Å². The number of benzene rings is 2. The second-order valence-electron chi connectivity index (χ2n) is 7.34. The van der Waals surface area contributed by atoms with Crippen LogP contribution in [-0.4, -0.2) is 21.6 Å². The van der Waals surface area contributed by atoms with Crippen LogP contribution in [-0.2, 0) is 6.42 Å². The van der Waals surface area contributed by atoms with Crippen LogP contribution in [0.1, 0.15) is 5.56 Å². The number of halogens is 1. The number of hydrogen-bond acceptors (Lipinski definition) is 7. The summed E-state index contributed by atoms with van der Waals surface area (Å²) in [5.41, 5.74) is 1.38.